The maximum absolute atomic E-state index is 13.4. The number of alkyl halides is 7. The van der Waals surface area contributed by atoms with E-state index in [4.69, 9.17) is 11.6 Å². The van der Waals surface area contributed by atoms with Crippen LogP contribution in [0.5, 0.6) is 0 Å². The Morgan fingerprint density at radius 1 is 1.09 bits per heavy atom. The summed E-state index contributed by atoms with van der Waals surface area (Å²) in [5.41, 5.74) is 0. The predicted molar refractivity (Wildman–Crippen MR) is 44.8 cm³/mol. The maximum Gasteiger partial charge on any atom is 0.539 e. The van der Waals surface area contributed by atoms with E-state index < -0.39 is 43.3 Å². The molecule has 0 N–H and O–H groups in total. The van der Waals surface area contributed by atoms with Gasteiger partial charge in [0, 0.05) is 0 Å². The van der Waals surface area contributed by atoms with Crippen molar-refractivity contribution in [1.29, 1.82) is 0 Å². The summed E-state index contributed by atoms with van der Waals surface area (Å²) in [5, 5.41) is 16.0. The van der Waals surface area contributed by atoms with Crippen molar-refractivity contribution in [3.63, 3.8) is 0 Å². The van der Waals surface area contributed by atoms with E-state index in [2.05, 4.69) is 29.0 Å². The molecule has 3 unspecified atom stereocenters. The van der Waals surface area contributed by atoms with E-state index in [0.29, 0.717) is 0 Å². The van der Waals surface area contributed by atoms with Gasteiger partial charge in [-0.1, -0.05) is 0 Å². The van der Waals surface area contributed by atoms with Gasteiger partial charge in [-0.2, -0.15) is 28.1 Å². The second-order valence-electron chi connectivity index (χ2n) is 3.45. The van der Waals surface area contributed by atoms with Crippen LogP contribution >= 0.6 is 11.6 Å². The van der Waals surface area contributed by atoms with Crippen LogP contribution in [-0.4, -0.2) is 43.3 Å². The molecule has 1 rings (SSSR count). The molecule has 0 aromatic carbocycles. The third-order valence-corrected chi connectivity index (χ3v) is 2.19. The van der Waals surface area contributed by atoms with Crippen molar-refractivity contribution in [1.82, 2.24) is 0 Å². The van der Waals surface area contributed by atoms with E-state index in [1.54, 1.807) is 0 Å². The van der Waals surface area contributed by atoms with Crippen LogP contribution in [0.4, 0.5) is 26.3 Å². The van der Waals surface area contributed by atoms with Gasteiger partial charge in [0.2, 0.25) is 0 Å². The van der Waals surface area contributed by atoms with E-state index in [0.717, 1.165) is 0 Å². The molecule has 8 nitrogen and oxygen atoms in total. The van der Waals surface area contributed by atoms with Gasteiger partial charge in [0.05, 0.1) is 13.2 Å². The minimum Gasteiger partial charge on any atom is -0.326 e. The third-order valence-electron chi connectivity index (χ3n) is 1.79. The molecular formula is C7H5ClF6O8. The normalized spacial score (nSPS) is 33.1. The minimum absolute atomic E-state index is 1.04. The standard InChI is InChI=1S/C7H5ClF6O8/c8-5(6(11,12)21-22-7(13,14)16)18-2-1-17-4(10,3(9)15)19-20-5/h3H,1-2H2. The Kier molecular flexibility index (Phi) is 5.86. The van der Waals surface area contributed by atoms with Crippen molar-refractivity contribution in [2.24, 2.45) is 0 Å². The fraction of sp³-hybridized carbons (Fsp3) is 1.00. The first-order valence-corrected chi connectivity index (χ1v) is 5.34. The molecule has 1 aliphatic heterocycles. The van der Waals surface area contributed by atoms with Gasteiger partial charge in [-0.25, -0.2) is 4.39 Å². The minimum atomic E-state index is -5.41. The number of hydrogen-bond acceptors (Lipinski definition) is 6. The lowest BCUT2D eigenvalue weighted by Gasteiger charge is -2.35. The molecule has 1 fully saturated rings. The molecule has 2 radical (unpaired) electrons. The summed E-state index contributed by atoms with van der Waals surface area (Å²) in [6.07, 6.45) is -14.4. The molecule has 0 aromatic heterocycles. The van der Waals surface area contributed by atoms with Crippen LogP contribution in [0.1, 0.15) is 0 Å². The highest BCUT2D eigenvalue weighted by Crippen LogP contribution is 2.42. The Hall–Kier alpha value is -0.450. The van der Waals surface area contributed by atoms with Crippen molar-refractivity contribution in [2.45, 2.75) is 30.0 Å². The second-order valence-corrected chi connectivity index (χ2v) is 3.94. The lowest BCUT2D eigenvalue weighted by atomic mass is 10.5. The lowest BCUT2D eigenvalue weighted by Crippen LogP contribution is -2.55. The van der Waals surface area contributed by atoms with E-state index in [9.17, 15) is 36.6 Å². The van der Waals surface area contributed by atoms with Gasteiger partial charge in [0.1, 0.15) is 0 Å². The molecule has 0 saturated carbocycles. The van der Waals surface area contributed by atoms with Gasteiger partial charge in [-0.05, 0) is 11.6 Å². The molecule has 1 aliphatic rings. The SMILES string of the molecule is [O]C(F)C1(F)OCCOC(Cl)(C(F)(F)OOC([O])(F)F)OO1. The molecule has 0 aromatic rings. The zero-order valence-corrected chi connectivity index (χ0v) is 10.7. The molecule has 1 saturated heterocycles. The monoisotopic (exact) mass is 366 g/mol. The van der Waals surface area contributed by atoms with Crippen molar-refractivity contribution in [2.75, 3.05) is 13.2 Å². The molecule has 0 amide bonds. The van der Waals surface area contributed by atoms with Gasteiger partial charge in [0.25, 0.3) is 0 Å². The summed E-state index contributed by atoms with van der Waals surface area (Å²) < 4.78 is 84.0. The molecule has 15 heteroatoms. The van der Waals surface area contributed by atoms with Crippen LogP contribution in [0.15, 0.2) is 0 Å². The average molecular weight is 367 g/mol. The quantitative estimate of drug-likeness (QED) is 0.242. The lowest BCUT2D eigenvalue weighted by molar-refractivity contribution is -0.631. The van der Waals surface area contributed by atoms with Crippen LogP contribution in [0, 0.1) is 0 Å². The Morgan fingerprint density at radius 3 is 2.14 bits per heavy atom. The summed E-state index contributed by atoms with van der Waals surface area (Å²) >= 11 is 4.99. The molecule has 0 spiro atoms. The predicted octanol–water partition coefficient (Wildman–Crippen LogP) is 1.75. The summed E-state index contributed by atoms with van der Waals surface area (Å²) in [5.74, 6) is 0. The van der Waals surface area contributed by atoms with Crippen molar-refractivity contribution in [3.05, 3.63) is 0 Å². The maximum atomic E-state index is 13.4. The average Bonchev–Trinajstić information content (AvgIpc) is 2.36. The molecule has 1 heterocycles. The zero-order chi connectivity index (χ0) is 17.2. The van der Waals surface area contributed by atoms with Gasteiger partial charge in [-0.15, -0.1) is 23.7 Å². The van der Waals surface area contributed by atoms with Gasteiger partial charge >= 0.3 is 30.0 Å². The third kappa shape index (κ3) is 4.77. The van der Waals surface area contributed by atoms with E-state index in [1.807, 2.05) is 0 Å². The number of ether oxygens (including phenoxy) is 2. The zero-order valence-electron chi connectivity index (χ0n) is 9.90. The molecule has 22 heavy (non-hydrogen) atoms. The largest absolute Gasteiger partial charge is 0.539 e. The Morgan fingerprint density at radius 2 is 1.64 bits per heavy atom. The first-order valence-electron chi connectivity index (χ1n) is 4.97. The molecule has 130 valence electrons. The fourth-order valence-corrected chi connectivity index (χ4v) is 1.04. The second kappa shape index (κ2) is 6.58. The molecule has 0 aliphatic carbocycles. The topological polar surface area (TPSA) is 95.2 Å². The van der Waals surface area contributed by atoms with Gasteiger partial charge < -0.3 is 9.47 Å². The van der Waals surface area contributed by atoms with E-state index >= 15 is 0 Å². The first-order chi connectivity index (χ1) is 9.81. The van der Waals surface area contributed by atoms with Gasteiger partial charge in [-0.3, -0.25) is 0 Å². The van der Waals surface area contributed by atoms with Crippen LogP contribution in [0.25, 0.3) is 0 Å². The van der Waals surface area contributed by atoms with Crippen molar-refractivity contribution < 1.29 is 65.6 Å². The summed E-state index contributed by atoms with van der Waals surface area (Å²) in [7, 11) is 0. The molecule has 0 bridgehead atoms. The van der Waals surface area contributed by atoms with Gasteiger partial charge in [0.15, 0.2) is 0 Å². The number of hydrogen-bond donors (Lipinski definition) is 0. The van der Waals surface area contributed by atoms with Crippen LogP contribution in [-0.2, 0) is 39.2 Å². The Balaban J connectivity index is 2.85. The van der Waals surface area contributed by atoms with Crippen LogP contribution in [0.3, 0.4) is 0 Å². The molecule has 3 atom stereocenters. The highest BCUT2D eigenvalue weighted by molar-refractivity contribution is 6.22. The highest BCUT2D eigenvalue weighted by Gasteiger charge is 2.64. The molecular weight excluding hydrogens is 362 g/mol. The summed E-state index contributed by atoms with van der Waals surface area (Å²) in [6, 6.07) is -4.19. The van der Waals surface area contributed by atoms with Crippen LogP contribution in [0.2, 0.25) is 0 Å². The summed E-state index contributed by atoms with van der Waals surface area (Å²) in [6.45, 7) is -2.09. The Labute approximate surface area is 121 Å². The van der Waals surface area contributed by atoms with Crippen molar-refractivity contribution in [3.8, 4) is 0 Å². The number of rotatable bonds is 5. The highest BCUT2D eigenvalue weighted by atomic mass is 35.5. The Bertz CT molecular complexity index is 382. The summed E-state index contributed by atoms with van der Waals surface area (Å²) in [4.78, 5) is 12.1. The smallest absolute Gasteiger partial charge is 0.326 e. The van der Waals surface area contributed by atoms with Crippen LogP contribution < -0.4 is 0 Å². The first kappa shape index (κ1) is 19.6. The van der Waals surface area contributed by atoms with E-state index in [-0.39, 0.29) is 0 Å². The number of halogens is 7. The fourth-order valence-electron chi connectivity index (χ4n) is 0.899. The van der Waals surface area contributed by atoms with E-state index in [1.165, 1.54) is 0 Å². The van der Waals surface area contributed by atoms with Crippen molar-refractivity contribution >= 4 is 11.6 Å².